The van der Waals surface area contributed by atoms with Crippen LogP contribution in [0.25, 0.3) is 16.0 Å². The molecule has 36 valence electrons. The Hall–Kier alpha value is -0.290. The topological polar surface area (TPSA) is 108 Å². The van der Waals surface area contributed by atoms with Gasteiger partial charge in [-0.25, -0.2) is 0 Å². The van der Waals surface area contributed by atoms with Crippen LogP contribution in [0.4, 0.5) is 0 Å². The summed E-state index contributed by atoms with van der Waals surface area (Å²) in [5, 5.41) is 7.89. The summed E-state index contributed by atoms with van der Waals surface area (Å²) in [6.45, 7) is 0. The van der Waals surface area contributed by atoms with Crippen molar-refractivity contribution in [3.05, 3.63) is 20.9 Å². The molecule has 0 amide bonds. The fourth-order valence-corrected chi connectivity index (χ4v) is 0. The van der Waals surface area contributed by atoms with Crippen molar-refractivity contribution in [2.24, 2.45) is 5.34 Å². The molecule has 0 rings (SSSR count). The molecule has 0 saturated carbocycles. The molecule has 0 atom stereocenters. The van der Waals surface area contributed by atoms with Crippen molar-refractivity contribution in [3.63, 3.8) is 0 Å². The normalized spacial score (nSPS) is 2.86. The van der Waals surface area contributed by atoms with E-state index in [0.29, 0.717) is 0 Å². The van der Waals surface area contributed by atoms with E-state index in [9.17, 15) is 0 Å². The molecule has 7 heavy (non-hydrogen) atoms. The van der Waals surface area contributed by atoms with Gasteiger partial charge in [0, 0.05) is 0 Å². The third kappa shape index (κ3) is 935. The molecule has 0 aromatic heterocycles. The van der Waals surface area contributed by atoms with Gasteiger partial charge in [0.05, 0.1) is 0 Å². The Balaban J connectivity index is -0.0000000400. The third-order valence-corrected chi connectivity index (χ3v) is 0. The van der Waals surface area contributed by atoms with Gasteiger partial charge in [-0.15, -0.1) is 4.91 Å². The minimum atomic E-state index is 0. The Morgan fingerprint density at radius 3 is 1.57 bits per heavy atom. The van der Waals surface area contributed by atoms with E-state index in [-0.39, 0.29) is 29.6 Å². The van der Waals surface area contributed by atoms with Crippen molar-refractivity contribution in [1.82, 2.24) is 0 Å². The second-order valence-electron chi connectivity index (χ2n) is 0.171. The van der Waals surface area contributed by atoms with E-state index in [1.807, 2.05) is 0 Å². The molecule has 0 radical (unpaired) electrons. The monoisotopic (exact) mass is 113 g/mol. The number of rotatable bonds is 0. The molecule has 0 heterocycles. The zero-order chi connectivity index (χ0) is 5.41. The average molecular weight is 113 g/mol. The molecule has 0 fully saturated rings. The first kappa shape index (κ1) is 15.9. The van der Waals surface area contributed by atoms with Crippen LogP contribution in [0.2, 0.25) is 0 Å². The molecule has 0 unspecified atom stereocenters. The Kier molecular flexibility index (Phi) is 98.4. The maximum absolute atomic E-state index is 8.11. The van der Waals surface area contributed by atoms with Crippen LogP contribution in [0.3, 0.4) is 0 Å². The van der Waals surface area contributed by atoms with Crippen LogP contribution in [0.1, 0.15) is 0 Å². The van der Waals surface area contributed by atoms with E-state index in [2.05, 4.69) is 0 Å². The molecule has 0 spiro atoms. The summed E-state index contributed by atoms with van der Waals surface area (Å²) >= 11 is 0. The van der Waals surface area contributed by atoms with E-state index >= 15 is 0 Å². The summed E-state index contributed by atoms with van der Waals surface area (Å²) < 4.78 is 0. The van der Waals surface area contributed by atoms with Crippen LogP contribution in [0, 0.1) is 4.91 Å². The number of nitrogens with zero attached hydrogens (tertiary/aromatic N) is 4. The van der Waals surface area contributed by atoms with E-state index in [4.69, 9.17) is 21.2 Å². The minimum absolute atomic E-state index is 0. The van der Waals surface area contributed by atoms with Gasteiger partial charge in [0.15, 0.2) is 5.34 Å². The maximum atomic E-state index is 8.11. The van der Waals surface area contributed by atoms with Crippen LogP contribution in [0.15, 0.2) is 5.34 Å². The summed E-state index contributed by atoms with van der Waals surface area (Å²) in [5.41, 5.74) is 13.5. The van der Waals surface area contributed by atoms with Crippen molar-refractivity contribution >= 4 is 29.6 Å². The number of hydrogen-bond acceptors (Lipinski definition) is 2. The number of hydrogen-bond donors (Lipinski definition) is 1. The summed E-state index contributed by atoms with van der Waals surface area (Å²) in [4.78, 5) is 9.61. The van der Waals surface area contributed by atoms with Crippen molar-refractivity contribution in [2.45, 2.75) is 0 Å². The predicted molar refractivity (Wildman–Crippen MR) is 24.8 cm³/mol. The summed E-state index contributed by atoms with van der Waals surface area (Å²) in [5.74, 6) is 0. The Morgan fingerprint density at radius 1 is 1.57 bits per heavy atom. The van der Waals surface area contributed by atoms with Gasteiger partial charge in [0.25, 0.3) is 0 Å². The summed E-state index contributed by atoms with van der Waals surface area (Å²) in [6, 6.07) is 0. The van der Waals surface area contributed by atoms with Gasteiger partial charge in [-0.05, 0) is 0 Å². The van der Waals surface area contributed by atoms with Crippen LogP contribution in [0.5, 0.6) is 0 Å². The van der Waals surface area contributed by atoms with E-state index in [1.54, 1.807) is 0 Å². The molecule has 0 aliphatic carbocycles. The van der Waals surface area contributed by atoms with Crippen molar-refractivity contribution < 1.29 is 5.21 Å². The molecule has 7 heteroatoms. The van der Waals surface area contributed by atoms with Gasteiger partial charge in [0.1, 0.15) is 0 Å². The molecule has 0 saturated heterocycles. The van der Waals surface area contributed by atoms with E-state index < -0.39 is 0 Å². The zero-order valence-electron chi connectivity index (χ0n) is 2.64. The Labute approximate surface area is 61.2 Å². The first-order valence-corrected chi connectivity index (χ1v) is 0.783. The molecule has 0 aliphatic rings. The molecular formula is H2N4NaO2-. The Morgan fingerprint density at radius 2 is 1.57 bits per heavy atom. The molecule has 6 nitrogen and oxygen atoms in total. The van der Waals surface area contributed by atoms with Crippen LogP contribution in [-0.4, -0.2) is 34.8 Å². The van der Waals surface area contributed by atoms with Crippen molar-refractivity contribution in [2.75, 3.05) is 0 Å². The quantitative estimate of drug-likeness (QED) is 0.122. The predicted octanol–water partition coefficient (Wildman–Crippen LogP) is 0.360. The fraction of sp³-hybridized carbons (Fsp3) is 0. The van der Waals surface area contributed by atoms with Gasteiger partial charge in [0.2, 0.25) is 0 Å². The van der Waals surface area contributed by atoms with Gasteiger partial charge in [-0.2, -0.15) is 0 Å². The molecule has 0 aromatic rings. The van der Waals surface area contributed by atoms with Crippen LogP contribution >= 0.6 is 0 Å². The molecule has 1 N–H and O–H groups in total. The van der Waals surface area contributed by atoms with Crippen LogP contribution in [-0.2, 0) is 0 Å². The van der Waals surface area contributed by atoms with E-state index in [0.717, 1.165) is 0 Å². The standard InChI is InChI=1S/N3.HNO2.Na.H/c1-3-2;2-1-3;;/h;(H,2,3);;/q-1;;;. The molecular weight excluding hydrogens is 111 g/mol. The fourth-order valence-electron chi connectivity index (χ4n) is 0. The average Bonchev–Trinajstić information content (AvgIpc) is 1.39. The second-order valence-corrected chi connectivity index (χ2v) is 0.171. The summed E-state index contributed by atoms with van der Waals surface area (Å²) in [7, 11) is 0. The first-order chi connectivity index (χ1) is 2.83. The van der Waals surface area contributed by atoms with Gasteiger partial charge < -0.3 is 16.3 Å². The van der Waals surface area contributed by atoms with Gasteiger partial charge in [-0.3, -0.25) is 4.91 Å². The van der Waals surface area contributed by atoms with Crippen molar-refractivity contribution in [3.8, 4) is 0 Å². The SMILES string of the molecule is O=NO.[N-]=[N+]=[N-].[NaH]. The van der Waals surface area contributed by atoms with Crippen molar-refractivity contribution in [1.29, 1.82) is 0 Å². The van der Waals surface area contributed by atoms with Crippen LogP contribution < -0.4 is 0 Å². The molecule has 0 bridgehead atoms. The molecule has 0 aliphatic heterocycles. The third-order valence-electron chi connectivity index (χ3n) is 0. The van der Waals surface area contributed by atoms with E-state index in [1.165, 1.54) is 10.3 Å². The second kappa shape index (κ2) is 43.3. The van der Waals surface area contributed by atoms with Gasteiger partial charge >= 0.3 is 29.6 Å². The summed E-state index contributed by atoms with van der Waals surface area (Å²) in [6.07, 6.45) is 0. The zero-order valence-corrected chi connectivity index (χ0v) is 2.64. The Bertz CT molecular complexity index is 54.7. The molecule has 0 aromatic carbocycles. The first-order valence-electron chi connectivity index (χ1n) is 0.783. The van der Waals surface area contributed by atoms with Gasteiger partial charge in [-0.1, -0.05) is 0 Å².